The van der Waals surface area contributed by atoms with Gasteiger partial charge in [0.1, 0.15) is 11.4 Å². The van der Waals surface area contributed by atoms with Gasteiger partial charge in [0, 0.05) is 17.7 Å². The second-order valence-corrected chi connectivity index (χ2v) is 11.3. The standard InChI is InChI=1S/C24H31F3N2O3S/c1-22(2,3)19-14-29(13-16-8-7-11-31-16)21(33-19)28-20(30)17-12-15(24(25,26)27)9-10-18(17)32-23(4,5)6/h9-10,12,14,16H,7-8,11,13H2,1-6H3/b28-21-/t16-/m1/s1. The highest BCUT2D eigenvalue weighted by molar-refractivity contribution is 7.09. The van der Waals surface area contributed by atoms with E-state index in [0.717, 1.165) is 29.9 Å². The van der Waals surface area contributed by atoms with Crippen molar-refractivity contribution >= 4 is 17.2 Å². The third kappa shape index (κ3) is 6.69. The van der Waals surface area contributed by atoms with Crippen molar-refractivity contribution in [2.24, 2.45) is 4.99 Å². The largest absolute Gasteiger partial charge is 0.487 e. The van der Waals surface area contributed by atoms with E-state index in [1.54, 1.807) is 20.8 Å². The minimum Gasteiger partial charge on any atom is -0.487 e. The Morgan fingerprint density at radius 1 is 1.21 bits per heavy atom. The summed E-state index contributed by atoms with van der Waals surface area (Å²) in [4.78, 5) is 18.9. The molecule has 0 N–H and O–H groups in total. The Morgan fingerprint density at radius 2 is 1.91 bits per heavy atom. The van der Waals surface area contributed by atoms with Crippen LogP contribution in [0.1, 0.15) is 75.2 Å². The fraction of sp³-hybridized carbons (Fsp3) is 0.583. The summed E-state index contributed by atoms with van der Waals surface area (Å²) in [5.41, 5.74) is -2.00. The topological polar surface area (TPSA) is 52.8 Å². The Kier molecular flexibility index (Phi) is 7.15. The molecule has 33 heavy (non-hydrogen) atoms. The average Bonchev–Trinajstić information content (AvgIpc) is 3.30. The fourth-order valence-corrected chi connectivity index (χ4v) is 4.45. The molecule has 1 aliphatic rings. The summed E-state index contributed by atoms with van der Waals surface area (Å²) in [6, 6.07) is 2.92. The Labute approximate surface area is 196 Å². The fourth-order valence-electron chi connectivity index (χ4n) is 3.39. The van der Waals surface area contributed by atoms with Crippen molar-refractivity contribution in [2.75, 3.05) is 6.61 Å². The number of halogens is 3. The van der Waals surface area contributed by atoms with E-state index in [1.807, 2.05) is 10.8 Å². The number of benzene rings is 1. The van der Waals surface area contributed by atoms with Gasteiger partial charge in [-0.15, -0.1) is 11.3 Å². The normalized spacial score (nSPS) is 18.1. The van der Waals surface area contributed by atoms with Crippen molar-refractivity contribution in [1.29, 1.82) is 0 Å². The molecule has 2 aromatic rings. The summed E-state index contributed by atoms with van der Waals surface area (Å²) in [7, 11) is 0. The molecule has 182 valence electrons. The third-order valence-electron chi connectivity index (χ3n) is 5.03. The summed E-state index contributed by atoms with van der Waals surface area (Å²) in [6.07, 6.45) is -0.716. The molecule has 1 aromatic carbocycles. The molecule has 0 saturated carbocycles. The number of nitrogens with zero attached hydrogens (tertiary/aromatic N) is 2. The molecule has 1 atom stereocenters. The molecule has 1 amide bonds. The third-order valence-corrected chi connectivity index (χ3v) is 6.48. The molecule has 3 rings (SSSR count). The number of aromatic nitrogens is 1. The number of amides is 1. The first-order chi connectivity index (χ1) is 15.1. The molecule has 0 radical (unpaired) electrons. The van der Waals surface area contributed by atoms with Crippen molar-refractivity contribution in [2.45, 2.75) is 84.2 Å². The summed E-state index contributed by atoms with van der Waals surface area (Å²) >= 11 is 1.36. The second kappa shape index (κ2) is 9.25. The first-order valence-electron chi connectivity index (χ1n) is 11.0. The first kappa shape index (κ1) is 25.5. The highest BCUT2D eigenvalue weighted by Gasteiger charge is 2.33. The highest BCUT2D eigenvalue weighted by atomic mass is 32.1. The van der Waals surface area contributed by atoms with Crippen molar-refractivity contribution in [3.8, 4) is 5.75 Å². The van der Waals surface area contributed by atoms with Crippen LogP contribution in [-0.2, 0) is 22.9 Å². The lowest BCUT2D eigenvalue weighted by molar-refractivity contribution is -0.137. The molecule has 1 aliphatic heterocycles. The van der Waals surface area contributed by atoms with Gasteiger partial charge in [-0.25, -0.2) is 0 Å². The van der Waals surface area contributed by atoms with Gasteiger partial charge in [0.25, 0.3) is 5.91 Å². The molecule has 0 spiro atoms. The van der Waals surface area contributed by atoms with Gasteiger partial charge in [0.15, 0.2) is 4.80 Å². The molecule has 1 aromatic heterocycles. The SMILES string of the molecule is CC(C)(C)Oc1ccc(C(F)(F)F)cc1C(=O)/N=c1\sc(C(C)(C)C)cn1C[C@H]1CCCO1. The molecular weight excluding hydrogens is 453 g/mol. The first-order valence-corrected chi connectivity index (χ1v) is 11.8. The van der Waals surface area contributed by atoms with Gasteiger partial charge in [-0.2, -0.15) is 18.2 Å². The zero-order valence-electron chi connectivity index (χ0n) is 19.9. The molecule has 5 nitrogen and oxygen atoms in total. The van der Waals surface area contributed by atoms with E-state index in [0.29, 0.717) is 18.0 Å². The van der Waals surface area contributed by atoms with Crippen molar-refractivity contribution in [3.63, 3.8) is 0 Å². The molecule has 9 heteroatoms. The van der Waals surface area contributed by atoms with Crippen LogP contribution in [0.15, 0.2) is 29.4 Å². The number of carbonyl (C=O) groups excluding carboxylic acids is 1. The maximum Gasteiger partial charge on any atom is 0.416 e. The van der Waals surface area contributed by atoms with E-state index in [-0.39, 0.29) is 22.8 Å². The zero-order chi connectivity index (χ0) is 24.6. The number of hydrogen-bond donors (Lipinski definition) is 0. The van der Waals surface area contributed by atoms with Crippen LogP contribution in [0.3, 0.4) is 0 Å². The minimum atomic E-state index is -4.59. The van der Waals surface area contributed by atoms with Crippen molar-refractivity contribution in [1.82, 2.24) is 4.57 Å². The number of ether oxygens (including phenoxy) is 2. The van der Waals surface area contributed by atoms with E-state index < -0.39 is 23.2 Å². The lowest BCUT2D eigenvalue weighted by atomic mass is 9.95. The molecular formula is C24H31F3N2O3S. The number of rotatable bonds is 4. The molecule has 0 aliphatic carbocycles. The van der Waals surface area contributed by atoms with E-state index in [2.05, 4.69) is 25.8 Å². The van der Waals surface area contributed by atoms with Crippen LogP contribution in [0.5, 0.6) is 5.75 Å². The summed E-state index contributed by atoms with van der Waals surface area (Å²) in [6.45, 7) is 12.7. The van der Waals surface area contributed by atoms with Gasteiger partial charge < -0.3 is 14.0 Å². The van der Waals surface area contributed by atoms with Gasteiger partial charge >= 0.3 is 6.18 Å². The van der Waals surface area contributed by atoms with E-state index >= 15 is 0 Å². The molecule has 0 unspecified atom stereocenters. The summed E-state index contributed by atoms with van der Waals surface area (Å²) in [5.74, 6) is -0.703. The molecule has 1 saturated heterocycles. The number of hydrogen-bond acceptors (Lipinski definition) is 4. The lowest BCUT2D eigenvalue weighted by Crippen LogP contribution is -2.25. The van der Waals surface area contributed by atoms with Crippen LogP contribution in [0, 0.1) is 0 Å². The molecule has 0 bridgehead atoms. The maximum atomic E-state index is 13.4. The van der Waals surface area contributed by atoms with Crippen LogP contribution in [0.25, 0.3) is 0 Å². The van der Waals surface area contributed by atoms with Gasteiger partial charge in [0.2, 0.25) is 0 Å². The Morgan fingerprint density at radius 3 is 2.45 bits per heavy atom. The maximum absolute atomic E-state index is 13.4. The Hall–Kier alpha value is -2.13. The number of thiazole rings is 1. The molecule has 2 heterocycles. The van der Waals surface area contributed by atoms with Crippen LogP contribution in [0.2, 0.25) is 0 Å². The van der Waals surface area contributed by atoms with E-state index in [4.69, 9.17) is 9.47 Å². The van der Waals surface area contributed by atoms with E-state index in [9.17, 15) is 18.0 Å². The van der Waals surface area contributed by atoms with Gasteiger partial charge in [0.05, 0.1) is 23.8 Å². The molecule has 1 fully saturated rings. The van der Waals surface area contributed by atoms with Gasteiger partial charge in [-0.3, -0.25) is 4.79 Å². The smallest absolute Gasteiger partial charge is 0.416 e. The predicted molar refractivity (Wildman–Crippen MR) is 122 cm³/mol. The quantitative estimate of drug-likeness (QED) is 0.538. The van der Waals surface area contributed by atoms with E-state index in [1.165, 1.54) is 17.4 Å². The van der Waals surface area contributed by atoms with Crippen LogP contribution < -0.4 is 9.54 Å². The van der Waals surface area contributed by atoms with Gasteiger partial charge in [-0.1, -0.05) is 20.8 Å². The number of carbonyl (C=O) groups is 1. The van der Waals surface area contributed by atoms with Crippen LogP contribution in [0.4, 0.5) is 13.2 Å². The summed E-state index contributed by atoms with van der Waals surface area (Å²) < 4.78 is 53.5. The predicted octanol–water partition coefficient (Wildman–Crippen LogP) is 5.96. The summed E-state index contributed by atoms with van der Waals surface area (Å²) in [5, 5.41) is 0. The number of alkyl halides is 3. The average molecular weight is 485 g/mol. The van der Waals surface area contributed by atoms with Crippen LogP contribution in [-0.4, -0.2) is 28.8 Å². The highest BCUT2D eigenvalue weighted by Crippen LogP contribution is 2.34. The zero-order valence-corrected chi connectivity index (χ0v) is 20.7. The van der Waals surface area contributed by atoms with Crippen molar-refractivity contribution < 1.29 is 27.4 Å². The monoisotopic (exact) mass is 484 g/mol. The second-order valence-electron chi connectivity index (χ2n) is 10.3. The van der Waals surface area contributed by atoms with Crippen molar-refractivity contribution in [3.05, 3.63) is 45.2 Å². The van der Waals surface area contributed by atoms with Crippen LogP contribution >= 0.6 is 11.3 Å². The van der Waals surface area contributed by atoms with Gasteiger partial charge in [-0.05, 0) is 57.2 Å². The minimum absolute atomic E-state index is 0.0230. The Bertz CT molecular complexity index is 1070. The Balaban J connectivity index is 2.08. The lowest BCUT2D eigenvalue weighted by Gasteiger charge is -2.23.